The third-order valence-corrected chi connectivity index (χ3v) is 6.23. The molecule has 8 nitrogen and oxygen atoms in total. The molecular formula is C25H35N7OS. The molecule has 2 aromatic carbocycles. The predicted octanol–water partition coefficient (Wildman–Crippen LogP) is 5.25. The molecule has 182 valence electrons. The average molecular weight is 482 g/mol. The second kappa shape index (κ2) is 13.7. The molecule has 0 aliphatic carbocycles. The van der Waals surface area contributed by atoms with Gasteiger partial charge in [-0.25, -0.2) is 0 Å². The van der Waals surface area contributed by atoms with Crippen LogP contribution in [0.25, 0.3) is 10.8 Å². The first-order valence-electron chi connectivity index (χ1n) is 12.2. The van der Waals surface area contributed by atoms with Gasteiger partial charge in [-0.2, -0.15) is 9.90 Å². The van der Waals surface area contributed by atoms with Gasteiger partial charge in [0.2, 0.25) is 5.82 Å². The van der Waals surface area contributed by atoms with Crippen molar-refractivity contribution in [3.63, 3.8) is 0 Å². The Bertz CT molecular complexity index is 1100. The van der Waals surface area contributed by atoms with E-state index < -0.39 is 0 Å². The van der Waals surface area contributed by atoms with Crippen molar-refractivity contribution in [2.75, 3.05) is 17.6 Å². The molecule has 0 saturated carbocycles. The van der Waals surface area contributed by atoms with Gasteiger partial charge in [0.05, 0.1) is 6.54 Å². The van der Waals surface area contributed by atoms with Crippen molar-refractivity contribution in [1.29, 1.82) is 0 Å². The second-order valence-corrected chi connectivity index (χ2v) is 9.36. The fourth-order valence-corrected chi connectivity index (χ4v) is 4.34. The van der Waals surface area contributed by atoms with Gasteiger partial charge >= 0.3 is 0 Å². The number of aromatic nitrogens is 4. The number of hydrogen-bond donors (Lipinski definition) is 2. The van der Waals surface area contributed by atoms with E-state index in [4.69, 9.17) is 0 Å². The first-order chi connectivity index (χ1) is 16.7. The molecule has 0 radical (unpaired) electrons. The first kappa shape index (κ1) is 25.7. The number of benzene rings is 2. The number of carbonyl (C=O) groups is 1. The highest BCUT2D eigenvalue weighted by Gasteiger charge is 2.21. The number of carbonyl (C=O) groups excluding carboxylic acids is 1. The van der Waals surface area contributed by atoms with Gasteiger partial charge < -0.3 is 10.7 Å². The van der Waals surface area contributed by atoms with Crippen molar-refractivity contribution in [3.8, 4) is 0 Å². The number of anilines is 1. The van der Waals surface area contributed by atoms with Crippen molar-refractivity contribution in [2.24, 2.45) is 5.10 Å². The number of hydrazone groups is 1. The molecule has 1 heterocycles. The number of fused-ring (bicyclic) bond motifs is 1. The van der Waals surface area contributed by atoms with E-state index in [1.807, 2.05) is 31.2 Å². The van der Waals surface area contributed by atoms with Gasteiger partial charge in [0.25, 0.3) is 5.91 Å². The number of unbranched alkanes of at least 4 members (excludes halogenated alkanes) is 5. The van der Waals surface area contributed by atoms with Crippen molar-refractivity contribution in [2.45, 2.75) is 70.7 Å². The summed E-state index contributed by atoms with van der Waals surface area (Å²) in [5.41, 5.74) is 3.70. The molecule has 0 aliphatic heterocycles. The molecule has 0 fully saturated rings. The van der Waals surface area contributed by atoms with Crippen LogP contribution in [0, 0.1) is 0 Å². The largest absolute Gasteiger partial charge is 0.320 e. The van der Waals surface area contributed by atoms with Crippen LogP contribution in [-0.4, -0.2) is 44.1 Å². The predicted molar refractivity (Wildman–Crippen MR) is 140 cm³/mol. The molecule has 3 aromatic rings. The van der Waals surface area contributed by atoms with Gasteiger partial charge in [-0.15, -0.1) is 22.0 Å². The van der Waals surface area contributed by atoms with Crippen LogP contribution >= 0.6 is 11.8 Å². The minimum Gasteiger partial charge on any atom is -0.320 e. The lowest BCUT2D eigenvalue weighted by Crippen LogP contribution is -2.27. The summed E-state index contributed by atoms with van der Waals surface area (Å²) in [6.07, 6.45) is 7.12. The van der Waals surface area contributed by atoms with Gasteiger partial charge in [-0.1, -0.05) is 64.2 Å². The highest BCUT2D eigenvalue weighted by Crippen LogP contribution is 2.28. The minimum atomic E-state index is -0.375. The monoisotopic (exact) mass is 481 g/mol. The normalized spacial score (nSPS) is 11.7. The molecule has 0 aliphatic rings. The Morgan fingerprint density at radius 3 is 2.68 bits per heavy atom. The number of hydrogen-bond acceptors (Lipinski definition) is 7. The van der Waals surface area contributed by atoms with E-state index in [1.165, 1.54) is 30.6 Å². The topological polar surface area (TPSA) is 97.1 Å². The fraction of sp³-hybridized carbons (Fsp3) is 0.480. The number of amides is 1. The Morgan fingerprint density at radius 2 is 1.88 bits per heavy atom. The van der Waals surface area contributed by atoms with Gasteiger partial charge in [0.1, 0.15) is 0 Å². The van der Waals surface area contributed by atoms with Crippen molar-refractivity contribution in [1.82, 2.24) is 25.6 Å². The van der Waals surface area contributed by atoms with Crippen molar-refractivity contribution < 1.29 is 4.79 Å². The van der Waals surface area contributed by atoms with E-state index in [9.17, 15) is 4.79 Å². The van der Waals surface area contributed by atoms with E-state index in [0.29, 0.717) is 13.1 Å². The fourth-order valence-electron chi connectivity index (χ4n) is 3.64. The number of nitrogens with one attached hydrogen (secondary N) is 2. The van der Waals surface area contributed by atoms with E-state index >= 15 is 0 Å². The molecule has 34 heavy (non-hydrogen) atoms. The molecule has 1 aromatic heterocycles. The number of tetrazole rings is 1. The molecular weight excluding hydrogens is 446 g/mol. The summed E-state index contributed by atoms with van der Waals surface area (Å²) >= 11 is 1.79. The van der Waals surface area contributed by atoms with E-state index in [2.05, 4.69) is 57.2 Å². The lowest BCUT2D eigenvalue weighted by molar-refractivity contribution is -0.110. The van der Waals surface area contributed by atoms with Gasteiger partial charge in [0.15, 0.2) is 5.71 Å². The van der Waals surface area contributed by atoms with Crippen LogP contribution in [0.1, 0.15) is 65.1 Å². The van der Waals surface area contributed by atoms with Gasteiger partial charge in [0, 0.05) is 22.5 Å². The number of rotatable bonds is 14. The van der Waals surface area contributed by atoms with Crippen LogP contribution < -0.4 is 10.7 Å². The molecule has 1 amide bonds. The summed E-state index contributed by atoms with van der Waals surface area (Å²) in [5, 5.41) is 21.9. The molecule has 3 rings (SSSR count). The van der Waals surface area contributed by atoms with Crippen LogP contribution in [0.3, 0.4) is 0 Å². The molecule has 0 atom stereocenters. The van der Waals surface area contributed by atoms with Crippen LogP contribution in [0.2, 0.25) is 0 Å². The smallest absolute Gasteiger partial charge is 0.280 e. The van der Waals surface area contributed by atoms with Crippen molar-refractivity contribution >= 4 is 39.8 Å². The maximum absolute atomic E-state index is 13.2. The Kier molecular flexibility index (Phi) is 10.3. The van der Waals surface area contributed by atoms with Crippen LogP contribution in [-0.2, 0) is 11.3 Å². The zero-order chi connectivity index (χ0) is 24.2. The Labute approximate surface area is 206 Å². The lowest BCUT2D eigenvalue weighted by Gasteiger charge is -2.10. The third kappa shape index (κ3) is 7.28. The Morgan fingerprint density at radius 1 is 1.06 bits per heavy atom. The highest BCUT2D eigenvalue weighted by molar-refractivity contribution is 7.99. The summed E-state index contributed by atoms with van der Waals surface area (Å²) in [4.78, 5) is 16.0. The Hall–Kier alpha value is -2.94. The standard InChI is InChI=1S/C25H35N7OS/c1-4-7-8-9-10-11-17-32-30-24(29-31-32)23(28-26-5-2)25(33)27-22-14-12-13-19-18-20(34-6-3)15-16-21(19)22/h12-16,18,26H,4-11,17H2,1-3H3,(H,27,33)/b28-23-. The highest BCUT2D eigenvalue weighted by atomic mass is 32.2. The molecule has 0 saturated heterocycles. The second-order valence-electron chi connectivity index (χ2n) is 8.02. The molecule has 0 unspecified atom stereocenters. The van der Waals surface area contributed by atoms with Crippen molar-refractivity contribution in [3.05, 3.63) is 42.2 Å². The average Bonchev–Trinajstić information content (AvgIpc) is 3.30. The van der Waals surface area contributed by atoms with E-state index in [0.717, 1.165) is 35.1 Å². The SMILES string of the molecule is CCCCCCCCn1nnc(/C(=N/NCC)C(=O)Nc2cccc3cc(SCC)ccc23)n1. The summed E-state index contributed by atoms with van der Waals surface area (Å²) in [5.74, 6) is 0.851. The summed E-state index contributed by atoms with van der Waals surface area (Å²) in [6.45, 7) is 7.52. The minimum absolute atomic E-state index is 0.117. The van der Waals surface area contributed by atoms with E-state index in [1.54, 1.807) is 16.6 Å². The molecule has 0 bridgehead atoms. The van der Waals surface area contributed by atoms with Gasteiger partial charge in [-0.05, 0) is 47.9 Å². The summed E-state index contributed by atoms with van der Waals surface area (Å²) in [6, 6.07) is 12.1. The van der Waals surface area contributed by atoms with Crippen LogP contribution in [0.4, 0.5) is 5.69 Å². The summed E-state index contributed by atoms with van der Waals surface area (Å²) < 4.78 is 0. The third-order valence-electron chi connectivity index (χ3n) is 5.35. The number of nitrogens with zero attached hydrogens (tertiary/aromatic N) is 5. The van der Waals surface area contributed by atoms with E-state index in [-0.39, 0.29) is 17.4 Å². The zero-order valence-corrected chi connectivity index (χ0v) is 21.2. The first-order valence-corrected chi connectivity index (χ1v) is 13.2. The molecule has 0 spiro atoms. The quantitative estimate of drug-likeness (QED) is 0.141. The molecule has 2 N–H and O–H groups in total. The maximum Gasteiger partial charge on any atom is 0.280 e. The van der Waals surface area contributed by atoms with Gasteiger partial charge in [-0.3, -0.25) is 4.79 Å². The number of thioether (sulfide) groups is 1. The summed E-state index contributed by atoms with van der Waals surface area (Å²) in [7, 11) is 0. The lowest BCUT2D eigenvalue weighted by atomic mass is 10.1. The van der Waals surface area contributed by atoms with Crippen LogP contribution in [0.15, 0.2) is 46.4 Å². The van der Waals surface area contributed by atoms with Crippen LogP contribution in [0.5, 0.6) is 0 Å². The maximum atomic E-state index is 13.2. The number of aryl methyl sites for hydroxylation is 1. The molecule has 9 heteroatoms. The zero-order valence-electron chi connectivity index (χ0n) is 20.4. The Balaban J connectivity index is 1.71.